The van der Waals surface area contributed by atoms with Crippen molar-refractivity contribution >= 4 is 10.9 Å². The Balaban J connectivity index is 2.08. The summed E-state index contributed by atoms with van der Waals surface area (Å²) in [5.41, 5.74) is 0.170. The summed E-state index contributed by atoms with van der Waals surface area (Å²) in [5.74, 6) is -0.384. The van der Waals surface area contributed by atoms with Crippen LogP contribution < -0.4 is 4.74 Å². The first-order chi connectivity index (χ1) is 9.24. The average molecular weight is 258 g/mol. The second kappa shape index (κ2) is 4.61. The van der Waals surface area contributed by atoms with Crippen LogP contribution in [0.25, 0.3) is 10.9 Å². The van der Waals surface area contributed by atoms with Crippen LogP contribution in [0.1, 0.15) is 0 Å². The molecule has 0 saturated heterocycles. The van der Waals surface area contributed by atoms with Crippen molar-refractivity contribution in [2.75, 3.05) is 0 Å². The van der Waals surface area contributed by atoms with Crippen molar-refractivity contribution in [3.05, 3.63) is 60.4 Å². The van der Waals surface area contributed by atoms with Crippen LogP contribution in [0, 0.1) is 11.6 Å². The van der Waals surface area contributed by atoms with Gasteiger partial charge in [0.15, 0.2) is 0 Å². The Morgan fingerprint density at radius 3 is 2.63 bits per heavy atom. The molecule has 2 aromatic carbocycles. The lowest BCUT2D eigenvalue weighted by Crippen LogP contribution is -1.93. The van der Waals surface area contributed by atoms with E-state index in [4.69, 9.17) is 4.74 Å². The fraction of sp³-hybridized carbons (Fsp3) is 0. The molecule has 0 radical (unpaired) electrons. The summed E-state index contributed by atoms with van der Waals surface area (Å²) in [6.07, 6.45) is 1.21. The van der Waals surface area contributed by atoms with Crippen LogP contribution in [0.4, 0.5) is 8.78 Å². The summed E-state index contributed by atoms with van der Waals surface area (Å²) in [6.45, 7) is 0. The highest BCUT2D eigenvalue weighted by atomic mass is 19.1. The molecule has 0 atom stereocenters. The van der Waals surface area contributed by atoms with Gasteiger partial charge in [0.25, 0.3) is 0 Å². The van der Waals surface area contributed by atoms with Gasteiger partial charge >= 0.3 is 0 Å². The Morgan fingerprint density at radius 2 is 1.79 bits per heavy atom. The SMILES string of the molecule is Fc1cccc(Oc2ncnc3c(F)cccc23)c1. The van der Waals surface area contributed by atoms with Gasteiger partial charge in [0.2, 0.25) is 5.88 Å². The molecule has 0 aliphatic rings. The molecule has 5 heteroatoms. The average Bonchev–Trinajstić information content (AvgIpc) is 2.40. The maximum atomic E-state index is 13.6. The molecule has 1 heterocycles. The number of hydrogen-bond donors (Lipinski definition) is 0. The van der Waals surface area contributed by atoms with Crippen molar-refractivity contribution in [2.45, 2.75) is 0 Å². The molecule has 0 spiro atoms. The minimum Gasteiger partial charge on any atom is -0.438 e. The van der Waals surface area contributed by atoms with E-state index >= 15 is 0 Å². The first-order valence-corrected chi connectivity index (χ1v) is 5.57. The predicted molar refractivity (Wildman–Crippen MR) is 66.0 cm³/mol. The molecule has 0 amide bonds. The molecule has 0 bridgehead atoms. The summed E-state index contributed by atoms with van der Waals surface area (Å²) in [6, 6.07) is 10.1. The van der Waals surface area contributed by atoms with E-state index in [0.717, 1.165) is 0 Å². The summed E-state index contributed by atoms with van der Waals surface area (Å²) < 4.78 is 32.1. The van der Waals surface area contributed by atoms with Crippen LogP contribution in [-0.4, -0.2) is 9.97 Å². The number of fused-ring (bicyclic) bond motifs is 1. The van der Waals surface area contributed by atoms with Crippen molar-refractivity contribution in [1.29, 1.82) is 0 Å². The van der Waals surface area contributed by atoms with Gasteiger partial charge in [-0.25, -0.2) is 18.7 Å². The Labute approximate surface area is 107 Å². The van der Waals surface area contributed by atoms with Crippen LogP contribution in [0.3, 0.4) is 0 Å². The van der Waals surface area contributed by atoms with E-state index in [1.807, 2.05) is 0 Å². The fourth-order valence-electron chi connectivity index (χ4n) is 1.75. The van der Waals surface area contributed by atoms with E-state index in [9.17, 15) is 8.78 Å². The number of benzene rings is 2. The Kier molecular flexibility index (Phi) is 2.79. The molecular formula is C14H8F2N2O. The molecule has 19 heavy (non-hydrogen) atoms. The van der Waals surface area contributed by atoms with Gasteiger partial charge in [0, 0.05) is 6.07 Å². The summed E-state index contributed by atoms with van der Waals surface area (Å²) in [4.78, 5) is 7.81. The minimum absolute atomic E-state index is 0.170. The Bertz CT molecular complexity index is 746. The molecule has 3 nitrogen and oxygen atoms in total. The van der Waals surface area contributed by atoms with Crippen LogP contribution >= 0.6 is 0 Å². The first kappa shape index (κ1) is 11.5. The highest BCUT2D eigenvalue weighted by Crippen LogP contribution is 2.27. The summed E-state index contributed by atoms with van der Waals surface area (Å²) in [7, 11) is 0. The highest BCUT2D eigenvalue weighted by molar-refractivity contribution is 5.83. The van der Waals surface area contributed by atoms with Crippen molar-refractivity contribution in [2.24, 2.45) is 0 Å². The normalized spacial score (nSPS) is 10.6. The van der Waals surface area contributed by atoms with E-state index in [1.165, 1.54) is 30.6 Å². The van der Waals surface area contributed by atoms with Crippen LogP contribution in [0.2, 0.25) is 0 Å². The lowest BCUT2D eigenvalue weighted by atomic mass is 10.2. The van der Waals surface area contributed by atoms with Gasteiger partial charge in [-0.05, 0) is 24.3 Å². The zero-order valence-corrected chi connectivity index (χ0v) is 9.68. The Hall–Kier alpha value is -2.56. The molecule has 0 aliphatic heterocycles. The second-order valence-electron chi connectivity index (χ2n) is 3.87. The zero-order valence-electron chi connectivity index (χ0n) is 9.68. The minimum atomic E-state index is -0.455. The van der Waals surface area contributed by atoms with Crippen LogP contribution in [0.15, 0.2) is 48.8 Å². The first-order valence-electron chi connectivity index (χ1n) is 5.57. The monoisotopic (exact) mass is 258 g/mol. The van der Waals surface area contributed by atoms with E-state index in [-0.39, 0.29) is 11.4 Å². The van der Waals surface area contributed by atoms with Gasteiger partial charge < -0.3 is 4.74 Å². The number of rotatable bonds is 2. The zero-order chi connectivity index (χ0) is 13.2. The molecule has 94 valence electrons. The molecule has 0 saturated carbocycles. The quantitative estimate of drug-likeness (QED) is 0.703. The highest BCUT2D eigenvalue weighted by Gasteiger charge is 2.09. The van der Waals surface area contributed by atoms with Gasteiger partial charge in [-0.3, -0.25) is 0 Å². The summed E-state index contributed by atoms with van der Waals surface area (Å²) in [5, 5.41) is 0.437. The van der Waals surface area contributed by atoms with Gasteiger partial charge in [-0.15, -0.1) is 0 Å². The van der Waals surface area contributed by atoms with Gasteiger partial charge in [-0.1, -0.05) is 12.1 Å². The molecular weight excluding hydrogens is 250 g/mol. The maximum absolute atomic E-state index is 13.6. The van der Waals surface area contributed by atoms with Crippen LogP contribution in [0.5, 0.6) is 11.6 Å². The molecule has 0 unspecified atom stereocenters. The smallest absolute Gasteiger partial charge is 0.230 e. The Morgan fingerprint density at radius 1 is 0.947 bits per heavy atom. The molecule has 0 N–H and O–H groups in total. The predicted octanol–water partition coefficient (Wildman–Crippen LogP) is 3.70. The van der Waals surface area contributed by atoms with Gasteiger partial charge in [0.05, 0.1) is 5.39 Å². The van der Waals surface area contributed by atoms with Gasteiger partial charge in [0.1, 0.15) is 29.2 Å². The molecule has 1 aromatic heterocycles. The van der Waals surface area contributed by atoms with E-state index in [0.29, 0.717) is 11.1 Å². The fourth-order valence-corrected chi connectivity index (χ4v) is 1.75. The summed E-state index contributed by atoms with van der Waals surface area (Å²) >= 11 is 0. The van der Waals surface area contributed by atoms with Crippen molar-refractivity contribution in [1.82, 2.24) is 9.97 Å². The van der Waals surface area contributed by atoms with E-state index in [2.05, 4.69) is 9.97 Å². The van der Waals surface area contributed by atoms with Crippen molar-refractivity contribution in [3.8, 4) is 11.6 Å². The number of hydrogen-bond acceptors (Lipinski definition) is 3. The number of aromatic nitrogens is 2. The third-order valence-electron chi connectivity index (χ3n) is 2.59. The van der Waals surface area contributed by atoms with E-state index < -0.39 is 11.6 Å². The lowest BCUT2D eigenvalue weighted by molar-refractivity contribution is 0.462. The number of ether oxygens (including phenoxy) is 1. The van der Waals surface area contributed by atoms with Gasteiger partial charge in [-0.2, -0.15) is 0 Å². The van der Waals surface area contributed by atoms with E-state index in [1.54, 1.807) is 18.2 Å². The van der Waals surface area contributed by atoms with Crippen molar-refractivity contribution in [3.63, 3.8) is 0 Å². The number of para-hydroxylation sites is 1. The molecule has 0 fully saturated rings. The third-order valence-corrected chi connectivity index (χ3v) is 2.59. The largest absolute Gasteiger partial charge is 0.438 e. The standard InChI is InChI=1S/C14H8F2N2O/c15-9-3-1-4-10(7-9)19-14-11-5-2-6-12(16)13(11)17-8-18-14/h1-8H. The number of nitrogens with zero attached hydrogens (tertiary/aromatic N) is 2. The second-order valence-corrected chi connectivity index (χ2v) is 3.87. The number of halogens is 2. The molecule has 3 rings (SSSR count). The molecule has 3 aromatic rings. The van der Waals surface area contributed by atoms with Crippen LogP contribution in [-0.2, 0) is 0 Å². The maximum Gasteiger partial charge on any atom is 0.230 e. The van der Waals surface area contributed by atoms with Crippen molar-refractivity contribution < 1.29 is 13.5 Å². The third kappa shape index (κ3) is 2.22. The lowest BCUT2D eigenvalue weighted by Gasteiger charge is -2.07. The molecule has 0 aliphatic carbocycles. The topological polar surface area (TPSA) is 35.0 Å².